The van der Waals surface area contributed by atoms with Crippen molar-refractivity contribution in [2.45, 2.75) is 38.3 Å². The lowest BCUT2D eigenvalue weighted by molar-refractivity contribution is -0.115. The number of amides is 1. The first-order valence-electron chi connectivity index (χ1n) is 15.5. The molecule has 0 bridgehead atoms. The quantitative estimate of drug-likeness (QED) is 0.183. The predicted octanol–water partition coefficient (Wildman–Crippen LogP) is 2.38. The molecule has 1 saturated heterocycles. The van der Waals surface area contributed by atoms with Gasteiger partial charge in [-0.2, -0.15) is 0 Å². The molecule has 248 valence electrons. The van der Waals surface area contributed by atoms with Crippen LogP contribution in [0, 0.1) is 6.92 Å². The molecule has 6 N–H and O–H groups in total. The number of likely N-dealkylation sites (tertiary alicyclic amines) is 1. The van der Waals surface area contributed by atoms with Crippen molar-refractivity contribution < 1.29 is 24.2 Å². The Balaban J connectivity index is 0.000000337. The van der Waals surface area contributed by atoms with Gasteiger partial charge in [-0.15, -0.1) is 0 Å². The fraction of sp³-hybridized carbons (Fsp3) is 0.455. The van der Waals surface area contributed by atoms with Crippen molar-refractivity contribution in [3.05, 3.63) is 63.6 Å². The van der Waals surface area contributed by atoms with E-state index in [1.165, 1.54) is 38.1 Å². The van der Waals surface area contributed by atoms with Gasteiger partial charge in [-0.3, -0.25) is 14.4 Å². The summed E-state index contributed by atoms with van der Waals surface area (Å²) in [4.78, 5) is 47.5. The number of halogens is 1. The van der Waals surface area contributed by atoms with Crippen LogP contribution >= 0.6 is 11.6 Å². The zero-order valence-corrected chi connectivity index (χ0v) is 27.4. The topological polar surface area (TPSA) is 166 Å². The molecule has 0 aliphatic carbocycles. The summed E-state index contributed by atoms with van der Waals surface area (Å²) in [7, 11) is 4.34. The molecule has 1 atom stereocenters. The summed E-state index contributed by atoms with van der Waals surface area (Å²) in [5.74, 6) is 0.573. The first-order chi connectivity index (χ1) is 22.1. The number of nitrogens with two attached hydrogens (primary N) is 1. The standard InChI is InChI=1S/C24H23ClN4O5.C9H21N3/c1-13-17(25)3-2-4-21(13)34-12-16(32)9-27-18-5-6-26-24(33)22(18)23-28-19-7-14(10-30)15(11-31)8-20(19)29-23;1-11(2)9-3-6-12(7-4-9)8-5-10/h2-4,7-8,10-11,16,27,32H,5-6,9,12H2,1H3,(H,26,33)(H,28,29);9H,3-8,10H2,1-2H3. The van der Waals surface area contributed by atoms with Gasteiger partial charge in [-0.1, -0.05) is 17.7 Å². The van der Waals surface area contributed by atoms with Gasteiger partial charge in [-0.05, 0) is 71.2 Å². The van der Waals surface area contributed by atoms with Crippen molar-refractivity contribution in [2.75, 3.05) is 60.0 Å². The van der Waals surface area contributed by atoms with Gasteiger partial charge in [0.15, 0.2) is 12.6 Å². The minimum atomic E-state index is -0.849. The number of imidazole rings is 1. The molecule has 13 heteroatoms. The maximum absolute atomic E-state index is 12.7. The average molecular weight is 654 g/mol. The lowest BCUT2D eigenvalue weighted by Crippen LogP contribution is -2.43. The third-order valence-electron chi connectivity index (χ3n) is 8.30. The van der Waals surface area contributed by atoms with E-state index < -0.39 is 6.10 Å². The Bertz CT molecular complexity index is 1500. The molecule has 2 aromatic carbocycles. The van der Waals surface area contributed by atoms with Crippen molar-refractivity contribution in [1.29, 1.82) is 0 Å². The van der Waals surface area contributed by atoms with Crippen molar-refractivity contribution in [3.8, 4) is 5.75 Å². The number of aldehydes is 2. The smallest absolute Gasteiger partial charge is 0.256 e. The minimum absolute atomic E-state index is 0.0383. The number of aliphatic hydroxyl groups is 1. The number of aromatic amines is 1. The fourth-order valence-corrected chi connectivity index (χ4v) is 5.73. The first-order valence-corrected chi connectivity index (χ1v) is 15.9. The predicted molar refractivity (Wildman–Crippen MR) is 179 cm³/mol. The van der Waals surface area contributed by atoms with E-state index in [1.54, 1.807) is 18.2 Å². The second-order valence-electron chi connectivity index (χ2n) is 11.7. The molecule has 1 aromatic heterocycles. The van der Waals surface area contributed by atoms with E-state index in [-0.39, 0.29) is 30.2 Å². The Morgan fingerprint density at radius 2 is 1.93 bits per heavy atom. The molecule has 3 aromatic rings. The number of nitrogens with zero attached hydrogens (tertiary/aromatic N) is 3. The highest BCUT2D eigenvalue weighted by atomic mass is 35.5. The van der Waals surface area contributed by atoms with Crippen LogP contribution in [0.25, 0.3) is 16.6 Å². The number of aromatic nitrogens is 2. The van der Waals surface area contributed by atoms with Crippen LogP contribution in [0.5, 0.6) is 5.75 Å². The summed E-state index contributed by atoms with van der Waals surface area (Å²) in [6.45, 7) is 6.77. The van der Waals surface area contributed by atoms with Gasteiger partial charge < -0.3 is 41.0 Å². The number of benzene rings is 2. The fourth-order valence-electron chi connectivity index (χ4n) is 5.56. The molecule has 2 aliphatic rings. The van der Waals surface area contributed by atoms with Crippen LogP contribution in [0.3, 0.4) is 0 Å². The molecule has 5 rings (SSSR count). The highest BCUT2D eigenvalue weighted by Crippen LogP contribution is 2.26. The average Bonchev–Trinajstić information content (AvgIpc) is 3.46. The summed E-state index contributed by atoms with van der Waals surface area (Å²) in [6.07, 6.45) is 3.44. The van der Waals surface area contributed by atoms with E-state index in [9.17, 15) is 19.5 Å². The first kappa shape index (κ1) is 35.1. The minimum Gasteiger partial charge on any atom is -0.490 e. The Hall–Kier alpha value is -3.81. The number of H-pyrrole nitrogens is 1. The van der Waals surface area contributed by atoms with Crippen molar-refractivity contribution in [1.82, 2.24) is 30.4 Å². The van der Waals surface area contributed by atoms with Crippen LogP contribution < -0.4 is 21.1 Å². The molecule has 0 spiro atoms. The molecule has 12 nitrogen and oxygen atoms in total. The van der Waals surface area contributed by atoms with E-state index in [2.05, 4.69) is 44.5 Å². The monoisotopic (exact) mass is 653 g/mol. The van der Waals surface area contributed by atoms with Crippen molar-refractivity contribution in [2.24, 2.45) is 5.73 Å². The Morgan fingerprint density at radius 1 is 1.22 bits per heavy atom. The summed E-state index contributed by atoms with van der Waals surface area (Å²) in [5.41, 5.74) is 8.65. The number of ether oxygens (including phenoxy) is 1. The maximum Gasteiger partial charge on any atom is 0.256 e. The maximum atomic E-state index is 12.7. The zero-order chi connectivity index (χ0) is 33.2. The van der Waals surface area contributed by atoms with Crippen LogP contribution in [0.4, 0.5) is 0 Å². The molecule has 2 aliphatic heterocycles. The summed E-state index contributed by atoms with van der Waals surface area (Å²) in [6, 6.07) is 9.13. The SMILES string of the molecule is CN(C)C1CCN(CCN)CC1.Cc1c(Cl)cccc1OCC(O)CNC1=C(c2nc3cc(C=O)c(C=O)cc3[nH]2)C(=O)NCC1. The number of piperidine rings is 1. The molecule has 46 heavy (non-hydrogen) atoms. The van der Waals surface area contributed by atoms with Crippen LogP contribution in [0.15, 0.2) is 36.0 Å². The van der Waals surface area contributed by atoms with Gasteiger partial charge >= 0.3 is 0 Å². The van der Waals surface area contributed by atoms with Gasteiger partial charge in [-0.25, -0.2) is 4.98 Å². The summed E-state index contributed by atoms with van der Waals surface area (Å²) in [5, 5.41) is 16.9. The summed E-state index contributed by atoms with van der Waals surface area (Å²) < 4.78 is 5.69. The summed E-state index contributed by atoms with van der Waals surface area (Å²) >= 11 is 6.10. The number of carbonyl (C=O) groups is 3. The van der Waals surface area contributed by atoms with E-state index in [1.807, 2.05) is 6.92 Å². The van der Waals surface area contributed by atoms with E-state index in [0.717, 1.165) is 24.7 Å². The van der Waals surface area contributed by atoms with Gasteiger partial charge in [0.2, 0.25) is 0 Å². The van der Waals surface area contributed by atoms with E-state index in [4.69, 9.17) is 22.1 Å². The lowest BCUT2D eigenvalue weighted by Gasteiger charge is -2.34. The van der Waals surface area contributed by atoms with Gasteiger partial charge in [0.1, 0.15) is 29.9 Å². The molecular formula is C33H44ClN7O5. The Morgan fingerprint density at radius 3 is 2.61 bits per heavy atom. The van der Waals surface area contributed by atoms with Gasteiger partial charge in [0.05, 0.1) is 11.0 Å². The number of rotatable bonds is 12. The molecular weight excluding hydrogens is 610 g/mol. The highest BCUT2D eigenvalue weighted by molar-refractivity contribution is 6.31. The Kier molecular flexibility index (Phi) is 12.7. The number of fused-ring (bicyclic) bond motifs is 1. The molecule has 0 saturated carbocycles. The second-order valence-corrected chi connectivity index (χ2v) is 12.1. The highest BCUT2D eigenvalue weighted by Gasteiger charge is 2.25. The molecule has 1 unspecified atom stereocenters. The second kappa shape index (κ2) is 16.7. The number of aliphatic hydroxyl groups excluding tert-OH is 1. The van der Waals surface area contributed by atoms with Gasteiger partial charge in [0.25, 0.3) is 5.91 Å². The lowest BCUT2D eigenvalue weighted by atomic mass is 10.0. The van der Waals surface area contributed by atoms with Crippen LogP contribution in [0.2, 0.25) is 5.02 Å². The Labute approximate surface area is 274 Å². The molecule has 1 amide bonds. The van der Waals surface area contributed by atoms with Crippen LogP contribution in [0.1, 0.15) is 51.4 Å². The third kappa shape index (κ3) is 8.92. The normalized spacial score (nSPS) is 16.5. The number of nitrogens with one attached hydrogen (secondary N) is 3. The van der Waals surface area contributed by atoms with E-state index in [0.29, 0.717) is 64.4 Å². The van der Waals surface area contributed by atoms with Crippen molar-refractivity contribution in [3.63, 3.8) is 0 Å². The third-order valence-corrected chi connectivity index (χ3v) is 8.71. The number of hydrogen-bond donors (Lipinski definition) is 5. The number of carbonyl (C=O) groups excluding carboxylic acids is 3. The number of hydrogen-bond acceptors (Lipinski definition) is 10. The van der Waals surface area contributed by atoms with E-state index >= 15 is 0 Å². The zero-order valence-electron chi connectivity index (χ0n) is 26.6. The molecule has 0 radical (unpaired) electrons. The largest absolute Gasteiger partial charge is 0.490 e. The molecule has 3 heterocycles. The molecule has 1 fully saturated rings. The van der Waals surface area contributed by atoms with Gasteiger partial charge in [0, 0.05) is 66.1 Å². The van der Waals surface area contributed by atoms with Crippen molar-refractivity contribution >= 4 is 46.7 Å². The van der Waals surface area contributed by atoms with Crippen LogP contribution in [-0.4, -0.2) is 115 Å². The van der Waals surface area contributed by atoms with Crippen LogP contribution in [-0.2, 0) is 4.79 Å².